The number of carboxylic acid groups (broad SMARTS) is 1. The van der Waals surface area contributed by atoms with Crippen LogP contribution in [-0.2, 0) is 6.54 Å². The molecule has 0 aliphatic rings. The van der Waals surface area contributed by atoms with Crippen molar-refractivity contribution in [1.29, 1.82) is 5.26 Å². The Balaban J connectivity index is 1.98. The summed E-state index contributed by atoms with van der Waals surface area (Å²) in [5.74, 6) is -0.956. The minimum absolute atomic E-state index is 0.240. The maximum absolute atomic E-state index is 11.0. The van der Waals surface area contributed by atoms with Crippen molar-refractivity contribution in [2.75, 3.05) is 0 Å². The summed E-state index contributed by atoms with van der Waals surface area (Å²) in [6, 6.07) is 14.2. The van der Waals surface area contributed by atoms with Crippen LogP contribution in [0.2, 0.25) is 0 Å². The second kappa shape index (κ2) is 5.10. The summed E-state index contributed by atoms with van der Waals surface area (Å²) in [4.78, 5) is 15.3. The fourth-order valence-corrected chi connectivity index (χ4v) is 2.20. The van der Waals surface area contributed by atoms with Gasteiger partial charge < -0.3 is 9.67 Å². The molecule has 3 rings (SSSR count). The van der Waals surface area contributed by atoms with E-state index in [0.29, 0.717) is 12.1 Å². The monoisotopic (exact) mass is 277 g/mol. The Labute approximate surface area is 120 Å². The number of carbonyl (C=O) groups is 1. The molecule has 5 nitrogen and oxygen atoms in total. The van der Waals surface area contributed by atoms with Gasteiger partial charge in [0.25, 0.3) is 0 Å². The molecule has 0 spiro atoms. The molecule has 1 heterocycles. The minimum Gasteiger partial charge on any atom is -0.478 e. The molecule has 0 saturated heterocycles. The number of rotatable bonds is 3. The maximum Gasteiger partial charge on any atom is 0.335 e. The van der Waals surface area contributed by atoms with Gasteiger partial charge >= 0.3 is 5.97 Å². The first-order valence-electron chi connectivity index (χ1n) is 6.34. The first-order valence-corrected chi connectivity index (χ1v) is 6.34. The molecule has 1 aromatic heterocycles. The third-order valence-corrected chi connectivity index (χ3v) is 3.30. The van der Waals surface area contributed by atoms with Crippen molar-refractivity contribution in [3.05, 3.63) is 65.5 Å². The van der Waals surface area contributed by atoms with Gasteiger partial charge in [-0.1, -0.05) is 12.1 Å². The average molecular weight is 277 g/mol. The molecule has 2 aromatic carbocycles. The lowest BCUT2D eigenvalue weighted by molar-refractivity contribution is 0.0697. The highest BCUT2D eigenvalue weighted by atomic mass is 16.4. The molecule has 0 bridgehead atoms. The molecule has 3 aromatic rings. The van der Waals surface area contributed by atoms with Crippen molar-refractivity contribution in [3.8, 4) is 6.07 Å². The number of aromatic nitrogens is 2. The largest absolute Gasteiger partial charge is 0.478 e. The molecule has 1 N–H and O–H groups in total. The highest BCUT2D eigenvalue weighted by molar-refractivity contribution is 5.92. The predicted molar refractivity (Wildman–Crippen MR) is 77.0 cm³/mol. The molecule has 0 unspecified atom stereocenters. The summed E-state index contributed by atoms with van der Waals surface area (Å²) in [6.45, 7) is 0.575. The van der Waals surface area contributed by atoms with Gasteiger partial charge in [-0.15, -0.1) is 0 Å². The zero-order valence-corrected chi connectivity index (χ0v) is 11.0. The molecule has 0 saturated carbocycles. The summed E-state index contributed by atoms with van der Waals surface area (Å²) in [5, 5.41) is 17.8. The van der Waals surface area contributed by atoms with Crippen molar-refractivity contribution in [1.82, 2.24) is 9.55 Å². The predicted octanol–water partition coefficient (Wildman–Crippen LogP) is 2.65. The molecule has 0 fully saturated rings. The minimum atomic E-state index is -0.956. The van der Waals surface area contributed by atoms with E-state index >= 15 is 0 Å². The molecule has 0 aliphatic heterocycles. The zero-order chi connectivity index (χ0) is 14.8. The Morgan fingerprint density at radius 1 is 1.24 bits per heavy atom. The van der Waals surface area contributed by atoms with Crippen LogP contribution in [0.5, 0.6) is 0 Å². The van der Waals surface area contributed by atoms with Crippen LogP contribution < -0.4 is 0 Å². The van der Waals surface area contributed by atoms with Crippen molar-refractivity contribution < 1.29 is 9.90 Å². The van der Waals surface area contributed by atoms with Crippen molar-refractivity contribution in [3.63, 3.8) is 0 Å². The summed E-state index contributed by atoms with van der Waals surface area (Å²) < 4.78 is 1.89. The van der Waals surface area contributed by atoms with E-state index < -0.39 is 5.97 Å². The summed E-state index contributed by atoms with van der Waals surface area (Å²) in [6.07, 6.45) is 1.69. The number of hydrogen-bond donors (Lipinski definition) is 1. The number of hydrogen-bond acceptors (Lipinski definition) is 3. The first kappa shape index (κ1) is 12.9. The Morgan fingerprint density at radius 2 is 2.00 bits per heavy atom. The van der Waals surface area contributed by atoms with Gasteiger partial charge in [0.2, 0.25) is 0 Å². The Bertz CT molecular complexity index is 857. The van der Waals surface area contributed by atoms with Crippen molar-refractivity contribution in [2.24, 2.45) is 0 Å². The van der Waals surface area contributed by atoms with Crippen LogP contribution in [0.1, 0.15) is 21.5 Å². The molecule has 0 amide bonds. The third-order valence-electron chi connectivity index (χ3n) is 3.30. The lowest BCUT2D eigenvalue weighted by Crippen LogP contribution is -2.00. The number of aromatic carboxylic acids is 1. The van der Waals surface area contributed by atoms with E-state index in [-0.39, 0.29) is 5.56 Å². The summed E-state index contributed by atoms with van der Waals surface area (Å²) in [5.41, 5.74) is 3.41. The first-order chi connectivity index (χ1) is 10.2. The van der Waals surface area contributed by atoms with E-state index in [0.717, 1.165) is 16.6 Å². The van der Waals surface area contributed by atoms with Crippen molar-refractivity contribution >= 4 is 17.0 Å². The van der Waals surface area contributed by atoms with Gasteiger partial charge in [0, 0.05) is 6.54 Å². The average Bonchev–Trinajstić information content (AvgIpc) is 2.90. The van der Waals surface area contributed by atoms with Gasteiger partial charge in [-0.05, 0) is 35.9 Å². The zero-order valence-electron chi connectivity index (χ0n) is 11.0. The smallest absolute Gasteiger partial charge is 0.335 e. The molecular weight excluding hydrogens is 266 g/mol. The van der Waals surface area contributed by atoms with E-state index in [2.05, 4.69) is 11.1 Å². The fourth-order valence-electron chi connectivity index (χ4n) is 2.20. The van der Waals surface area contributed by atoms with E-state index in [1.165, 1.54) is 0 Å². The van der Waals surface area contributed by atoms with Crippen LogP contribution in [-0.4, -0.2) is 20.6 Å². The number of nitriles is 1. The van der Waals surface area contributed by atoms with Gasteiger partial charge in [0.1, 0.15) is 0 Å². The lowest BCUT2D eigenvalue weighted by atomic mass is 10.1. The molecular formula is C16H11N3O2. The highest BCUT2D eigenvalue weighted by Gasteiger charge is 2.08. The van der Waals surface area contributed by atoms with E-state index in [1.54, 1.807) is 36.7 Å². The normalized spacial score (nSPS) is 10.4. The van der Waals surface area contributed by atoms with Gasteiger partial charge in [0.05, 0.1) is 34.6 Å². The van der Waals surface area contributed by atoms with Crippen LogP contribution in [0.4, 0.5) is 0 Å². The van der Waals surface area contributed by atoms with Gasteiger partial charge in [-0.25, -0.2) is 9.78 Å². The Morgan fingerprint density at radius 3 is 2.67 bits per heavy atom. The standard InChI is InChI=1S/C16H11N3O2/c17-8-11-1-3-12(4-2-11)9-19-10-18-14-6-5-13(16(20)21)7-15(14)19/h1-7,10H,9H2,(H,20,21). The highest BCUT2D eigenvalue weighted by Crippen LogP contribution is 2.17. The van der Waals surface area contributed by atoms with Crippen LogP contribution >= 0.6 is 0 Å². The quantitative estimate of drug-likeness (QED) is 0.798. The van der Waals surface area contributed by atoms with Crippen LogP contribution in [0.25, 0.3) is 11.0 Å². The number of imidazole rings is 1. The molecule has 0 radical (unpaired) electrons. The second-order valence-corrected chi connectivity index (χ2v) is 4.69. The maximum atomic E-state index is 11.0. The van der Waals surface area contributed by atoms with Crippen LogP contribution in [0.3, 0.4) is 0 Å². The SMILES string of the molecule is N#Cc1ccc(Cn2cnc3ccc(C(=O)O)cc32)cc1. The number of fused-ring (bicyclic) bond motifs is 1. The van der Waals surface area contributed by atoms with Gasteiger partial charge in [-0.2, -0.15) is 5.26 Å². The Hall–Kier alpha value is -3.13. The van der Waals surface area contributed by atoms with E-state index in [1.807, 2.05) is 16.7 Å². The number of nitrogens with zero attached hydrogens (tertiary/aromatic N) is 3. The fraction of sp³-hybridized carbons (Fsp3) is 0.0625. The second-order valence-electron chi connectivity index (χ2n) is 4.69. The van der Waals surface area contributed by atoms with Crippen molar-refractivity contribution in [2.45, 2.75) is 6.54 Å². The molecule has 0 atom stereocenters. The summed E-state index contributed by atoms with van der Waals surface area (Å²) in [7, 11) is 0. The molecule has 5 heteroatoms. The lowest BCUT2D eigenvalue weighted by Gasteiger charge is -2.05. The van der Waals surface area contributed by atoms with E-state index in [4.69, 9.17) is 10.4 Å². The number of carboxylic acids is 1. The number of benzene rings is 2. The molecule has 21 heavy (non-hydrogen) atoms. The van der Waals surface area contributed by atoms with Crippen LogP contribution in [0.15, 0.2) is 48.8 Å². The topological polar surface area (TPSA) is 78.9 Å². The Kier molecular flexibility index (Phi) is 3.13. The van der Waals surface area contributed by atoms with Gasteiger partial charge in [-0.3, -0.25) is 0 Å². The molecule has 102 valence electrons. The van der Waals surface area contributed by atoms with Gasteiger partial charge in [0.15, 0.2) is 0 Å². The molecule has 0 aliphatic carbocycles. The third kappa shape index (κ3) is 2.47. The van der Waals surface area contributed by atoms with Crippen LogP contribution in [0, 0.1) is 11.3 Å². The summed E-state index contributed by atoms with van der Waals surface area (Å²) >= 11 is 0. The van der Waals surface area contributed by atoms with E-state index in [9.17, 15) is 4.79 Å².